The first-order valence-electron chi connectivity index (χ1n) is 10.8. The third-order valence-electron chi connectivity index (χ3n) is 4.91. The molecule has 0 atom stereocenters. The molecule has 2 aromatic carbocycles. The van der Waals surface area contributed by atoms with Gasteiger partial charge < -0.3 is 15.0 Å². The van der Waals surface area contributed by atoms with Crippen molar-refractivity contribution in [3.63, 3.8) is 0 Å². The third-order valence-corrected chi connectivity index (χ3v) is 5.37. The fourth-order valence-corrected chi connectivity index (χ4v) is 3.66. The smallest absolute Gasteiger partial charge is 0.257 e. The Morgan fingerprint density at radius 1 is 1.00 bits per heavy atom. The van der Waals surface area contributed by atoms with Gasteiger partial charge in [0.15, 0.2) is 0 Å². The van der Waals surface area contributed by atoms with Gasteiger partial charge in [0.1, 0.15) is 17.2 Å². The van der Waals surface area contributed by atoms with Gasteiger partial charge in [0, 0.05) is 31.4 Å². The van der Waals surface area contributed by atoms with Gasteiger partial charge in [-0.05, 0) is 68.7 Å². The number of aromatic nitrogens is 1. The molecule has 1 aromatic heterocycles. The van der Waals surface area contributed by atoms with Gasteiger partial charge in [0.05, 0.1) is 10.6 Å². The van der Waals surface area contributed by atoms with Gasteiger partial charge in [-0.2, -0.15) is 0 Å². The highest BCUT2D eigenvalue weighted by molar-refractivity contribution is 6.31. The van der Waals surface area contributed by atoms with Crippen LogP contribution in [0.15, 0.2) is 60.8 Å². The van der Waals surface area contributed by atoms with Crippen LogP contribution in [0.3, 0.4) is 0 Å². The molecule has 0 radical (unpaired) electrons. The highest BCUT2D eigenvalue weighted by Crippen LogP contribution is 2.23. The molecule has 3 rings (SSSR count). The summed E-state index contributed by atoms with van der Waals surface area (Å²) in [6, 6.07) is 17.2. The lowest BCUT2D eigenvalue weighted by Gasteiger charge is -2.25. The van der Waals surface area contributed by atoms with E-state index in [0.717, 1.165) is 16.9 Å². The Balaban J connectivity index is 1.84. The van der Waals surface area contributed by atoms with Crippen molar-refractivity contribution < 1.29 is 9.53 Å². The van der Waals surface area contributed by atoms with Crippen LogP contribution >= 0.6 is 23.2 Å². The van der Waals surface area contributed by atoms with Crippen molar-refractivity contribution in [2.45, 2.75) is 39.3 Å². The van der Waals surface area contributed by atoms with E-state index in [1.54, 1.807) is 13.1 Å². The van der Waals surface area contributed by atoms with E-state index in [-0.39, 0.29) is 11.5 Å². The lowest BCUT2D eigenvalue weighted by atomic mass is 10.1. The lowest BCUT2D eigenvalue weighted by Crippen LogP contribution is -2.33. The van der Waals surface area contributed by atoms with Crippen LogP contribution in [0.4, 0.5) is 5.82 Å². The summed E-state index contributed by atoms with van der Waals surface area (Å²) in [5.74, 6) is 1.15. The molecular weight excluding hydrogens is 457 g/mol. The number of nitrogens with zero attached hydrogens (tertiary/aromatic N) is 2. The highest BCUT2D eigenvalue weighted by Gasteiger charge is 2.21. The lowest BCUT2D eigenvalue weighted by molar-refractivity contribution is 0.0745. The Bertz CT molecular complexity index is 1080. The minimum Gasteiger partial charge on any atom is -0.488 e. The van der Waals surface area contributed by atoms with E-state index in [0.29, 0.717) is 40.9 Å². The SMILES string of the molecule is CNc1ncc(Cl)cc1C(=O)N(CCc1ccc(Cl)cc1)Cc1ccc(OC(C)(C)C)cc1. The number of nitrogens with one attached hydrogen (secondary N) is 1. The fourth-order valence-electron chi connectivity index (χ4n) is 3.38. The predicted molar refractivity (Wildman–Crippen MR) is 136 cm³/mol. The molecule has 0 bridgehead atoms. The minimum absolute atomic E-state index is 0.140. The second-order valence-corrected chi connectivity index (χ2v) is 9.63. The first kappa shape index (κ1) is 24.9. The molecule has 0 saturated heterocycles. The van der Waals surface area contributed by atoms with Crippen molar-refractivity contribution in [3.8, 4) is 5.75 Å². The number of pyridine rings is 1. The molecule has 174 valence electrons. The summed E-state index contributed by atoms with van der Waals surface area (Å²) in [5.41, 5.74) is 2.27. The molecule has 3 aromatic rings. The summed E-state index contributed by atoms with van der Waals surface area (Å²) < 4.78 is 5.91. The van der Waals surface area contributed by atoms with E-state index in [2.05, 4.69) is 10.3 Å². The van der Waals surface area contributed by atoms with E-state index in [1.165, 1.54) is 6.20 Å². The number of benzene rings is 2. The Morgan fingerprint density at radius 2 is 1.64 bits per heavy atom. The number of anilines is 1. The van der Waals surface area contributed by atoms with Crippen LogP contribution in [0, 0.1) is 0 Å². The van der Waals surface area contributed by atoms with Crippen LogP contribution in [0.5, 0.6) is 5.75 Å². The molecular formula is C26H29Cl2N3O2. The maximum absolute atomic E-state index is 13.6. The van der Waals surface area contributed by atoms with Crippen molar-refractivity contribution in [1.29, 1.82) is 0 Å². The molecule has 33 heavy (non-hydrogen) atoms. The molecule has 7 heteroatoms. The second-order valence-electron chi connectivity index (χ2n) is 8.76. The number of halogens is 2. The monoisotopic (exact) mass is 485 g/mol. The molecule has 0 aliphatic carbocycles. The Kier molecular flexibility index (Phi) is 8.22. The summed E-state index contributed by atoms with van der Waals surface area (Å²) in [5, 5.41) is 4.09. The topological polar surface area (TPSA) is 54.5 Å². The summed E-state index contributed by atoms with van der Waals surface area (Å²) in [7, 11) is 1.74. The molecule has 0 saturated carbocycles. The van der Waals surface area contributed by atoms with E-state index in [1.807, 2.05) is 74.2 Å². The number of amides is 1. The zero-order valence-electron chi connectivity index (χ0n) is 19.4. The van der Waals surface area contributed by atoms with E-state index in [4.69, 9.17) is 27.9 Å². The van der Waals surface area contributed by atoms with Gasteiger partial charge in [-0.15, -0.1) is 0 Å². The molecule has 0 fully saturated rings. The van der Waals surface area contributed by atoms with Crippen molar-refractivity contribution in [2.24, 2.45) is 0 Å². The number of carbonyl (C=O) groups excluding carboxylic acids is 1. The number of hydrogen-bond donors (Lipinski definition) is 1. The highest BCUT2D eigenvalue weighted by atomic mass is 35.5. The largest absolute Gasteiger partial charge is 0.488 e. The number of ether oxygens (including phenoxy) is 1. The normalized spacial score (nSPS) is 11.2. The van der Waals surface area contributed by atoms with Crippen molar-refractivity contribution in [1.82, 2.24) is 9.88 Å². The second kappa shape index (κ2) is 10.9. The molecule has 1 heterocycles. The average Bonchev–Trinajstić information content (AvgIpc) is 2.77. The van der Waals surface area contributed by atoms with E-state index < -0.39 is 0 Å². The van der Waals surface area contributed by atoms with Gasteiger partial charge in [-0.3, -0.25) is 4.79 Å². The van der Waals surface area contributed by atoms with Gasteiger partial charge in [-0.25, -0.2) is 4.98 Å². The first-order chi connectivity index (χ1) is 15.6. The first-order valence-corrected chi connectivity index (χ1v) is 11.6. The molecule has 0 unspecified atom stereocenters. The molecule has 0 spiro atoms. The Hall–Kier alpha value is -2.76. The van der Waals surface area contributed by atoms with Gasteiger partial charge in [0.25, 0.3) is 5.91 Å². The predicted octanol–water partition coefficient (Wildman–Crippen LogP) is 6.49. The van der Waals surface area contributed by atoms with E-state index >= 15 is 0 Å². The van der Waals surface area contributed by atoms with Crippen molar-refractivity contribution >= 4 is 34.9 Å². The van der Waals surface area contributed by atoms with Crippen LogP contribution < -0.4 is 10.1 Å². The Labute approximate surface area is 205 Å². The van der Waals surface area contributed by atoms with Gasteiger partial charge in [-0.1, -0.05) is 47.5 Å². The summed E-state index contributed by atoms with van der Waals surface area (Å²) >= 11 is 12.2. The maximum atomic E-state index is 13.6. The average molecular weight is 486 g/mol. The fraction of sp³-hybridized carbons (Fsp3) is 0.308. The van der Waals surface area contributed by atoms with Crippen LogP contribution in [0.25, 0.3) is 0 Å². The quantitative estimate of drug-likeness (QED) is 0.395. The van der Waals surface area contributed by atoms with Crippen LogP contribution in [0.2, 0.25) is 10.0 Å². The van der Waals surface area contributed by atoms with E-state index in [9.17, 15) is 4.79 Å². The number of hydrogen-bond acceptors (Lipinski definition) is 4. The maximum Gasteiger partial charge on any atom is 0.257 e. The molecule has 0 aliphatic heterocycles. The standard InChI is InChI=1S/C26H29Cl2N3O2/c1-26(2,3)33-22-11-7-19(8-12-22)17-31(14-13-18-5-9-20(27)10-6-18)25(32)23-15-21(28)16-30-24(23)29-4/h5-12,15-16H,13-14,17H2,1-4H3,(H,29,30). The Morgan fingerprint density at radius 3 is 2.24 bits per heavy atom. The minimum atomic E-state index is -0.273. The van der Waals surface area contributed by atoms with Crippen LogP contribution in [-0.2, 0) is 13.0 Å². The third kappa shape index (κ3) is 7.37. The van der Waals surface area contributed by atoms with Crippen molar-refractivity contribution in [2.75, 3.05) is 18.9 Å². The molecule has 0 aliphatic rings. The number of carbonyl (C=O) groups is 1. The van der Waals surface area contributed by atoms with Gasteiger partial charge >= 0.3 is 0 Å². The van der Waals surface area contributed by atoms with Crippen LogP contribution in [-0.4, -0.2) is 35.0 Å². The number of rotatable bonds is 8. The van der Waals surface area contributed by atoms with Crippen LogP contribution in [0.1, 0.15) is 42.3 Å². The summed E-state index contributed by atoms with van der Waals surface area (Å²) in [6.45, 7) is 7.00. The zero-order chi connectivity index (χ0) is 24.0. The van der Waals surface area contributed by atoms with Crippen molar-refractivity contribution in [3.05, 3.63) is 87.5 Å². The molecule has 5 nitrogen and oxygen atoms in total. The molecule has 1 N–H and O–H groups in total. The van der Waals surface area contributed by atoms with Gasteiger partial charge in [0.2, 0.25) is 0 Å². The molecule has 1 amide bonds. The zero-order valence-corrected chi connectivity index (χ0v) is 20.9. The summed E-state index contributed by atoms with van der Waals surface area (Å²) in [6.07, 6.45) is 2.22. The summed E-state index contributed by atoms with van der Waals surface area (Å²) in [4.78, 5) is 19.6.